The van der Waals surface area contributed by atoms with E-state index >= 15 is 0 Å². The lowest BCUT2D eigenvalue weighted by Crippen LogP contribution is -2.35. The molecule has 9 nitrogen and oxygen atoms in total. The van der Waals surface area contributed by atoms with E-state index in [1.807, 2.05) is 26.0 Å². The maximum atomic E-state index is 13.2. The number of piperidine rings is 1. The van der Waals surface area contributed by atoms with Gasteiger partial charge in [0.05, 0.1) is 19.1 Å². The number of hydrogen-bond donors (Lipinski definition) is 1. The van der Waals surface area contributed by atoms with E-state index in [4.69, 9.17) is 4.74 Å². The van der Waals surface area contributed by atoms with Crippen LogP contribution in [0, 0.1) is 13.8 Å². The molecule has 0 unspecified atom stereocenters. The van der Waals surface area contributed by atoms with Crippen LogP contribution in [-0.4, -0.2) is 60.0 Å². The van der Waals surface area contributed by atoms with Crippen molar-refractivity contribution in [2.45, 2.75) is 50.8 Å². The van der Waals surface area contributed by atoms with Crippen LogP contribution in [0.5, 0.6) is 5.75 Å². The van der Waals surface area contributed by atoms with Gasteiger partial charge in [-0.1, -0.05) is 18.6 Å². The number of carbonyl (C=O) groups excluding carboxylic acids is 1. The molecule has 1 heterocycles. The Kier molecular flexibility index (Phi) is 9.02. The summed E-state index contributed by atoms with van der Waals surface area (Å²) in [5.74, 6) is -0.119. The van der Waals surface area contributed by atoms with Crippen LogP contribution in [0.15, 0.2) is 41.3 Å². The van der Waals surface area contributed by atoms with Crippen LogP contribution in [0.1, 0.15) is 43.2 Å². The van der Waals surface area contributed by atoms with Gasteiger partial charge in [-0.05, 0) is 68.5 Å². The Hall–Kier alpha value is -2.63. The first-order valence-electron chi connectivity index (χ1n) is 12.0. The number of aryl methyl sites for hydroxylation is 1. The lowest BCUT2D eigenvalue weighted by Gasteiger charge is -2.26. The van der Waals surface area contributed by atoms with E-state index in [0.29, 0.717) is 30.9 Å². The van der Waals surface area contributed by atoms with E-state index in [9.17, 15) is 21.6 Å². The fraction of sp³-hybridized carbons (Fsp3) is 0.480. The van der Waals surface area contributed by atoms with Gasteiger partial charge in [-0.2, -0.15) is 4.31 Å². The highest BCUT2D eigenvalue weighted by Crippen LogP contribution is 2.31. The number of carbonyl (C=O) groups is 1. The van der Waals surface area contributed by atoms with Gasteiger partial charge >= 0.3 is 0 Å². The molecular formula is C25H35N3O6S2. The molecule has 1 saturated heterocycles. The van der Waals surface area contributed by atoms with Gasteiger partial charge in [0.15, 0.2) is 0 Å². The summed E-state index contributed by atoms with van der Waals surface area (Å²) >= 11 is 0. The van der Waals surface area contributed by atoms with Gasteiger partial charge in [0.2, 0.25) is 26.0 Å². The zero-order valence-electron chi connectivity index (χ0n) is 21.3. The minimum atomic E-state index is -3.76. The van der Waals surface area contributed by atoms with Crippen LogP contribution >= 0.6 is 0 Å². The van der Waals surface area contributed by atoms with E-state index in [1.165, 1.54) is 27.9 Å². The van der Waals surface area contributed by atoms with E-state index in [0.717, 1.165) is 36.6 Å². The van der Waals surface area contributed by atoms with Crippen LogP contribution in [0.2, 0.25) is 0 Å². The summed E-state index contributed by atoms with van der Waals surface area (Å²) in [5, 5.41) is 2.74. The quantitative estimate of drug-likeness (QED) is 0.495. The summed E-state index contributed by atoms with van der Waals surface area (Å²) < 4.78 is 59.3. The zero-order valence-corrected chi connectivity index (χ0v) is 22.9. The molecule has 0 aliphatic carbocycles. The summed E-state index contributed by atoms with van der Waals surface area (Å²) in [6, 6.07) is 10.0. The van der Waals surface area contributed by atoms with E-state index in [2.05, 4.69) is 5.32 Å². The highest BCUT2D eigenvalue weighted by atomic mass is 32.2. The summed E-state index contributed by atoms with van der Waals surface area (Å²) in [5.41, 5.74) is 2.79. The minimum absolute atomic E-state index is 0.0166. The van der Waals surface area contributed by atoms with E-state index < -0.39 is 20.0 Å². The molecule has 0 radical (unpaired) electrons. The van der Waals surface area contributed by atoms with Crippen molar-refractivity contribution in [1.29, 1.82) is 0 Å². The molecule has 2 aromatic carbocycles. The number of nitrogens with zero attached hydrogens (tertiary/aromatic N) is 2. The SMILES string of the molecule is COc1ccc(NC(=O)CCCN(c2cccc(C)c2C)S(C)(=O)=O)cc1S(=O)(=O)N1CCCCC1. The first-order chi connectivity index (χ1) is 16.9. The molecule has 0 atom stereocenters. The molecular weight excluding hydrogens is 502 g/mol. The number of benzene rings is 2. The topological polar surface area (TPSA) is 113 Å². The molecule has 198 valence electrons. The molecule has 3 rings (SSSR count). The normalized spacial score (nSPS) is 14.9. The number of rotatable bonds is 10. The number of methoxy groups -OCH3 is 1. The highest BCUT2D eigenvalue weighted by molar-refractivity contribution is 7.92. The fourth-order valence-corrected chi connectivity index (χ4v) is 6.99. The largest absolute Gasteiger partial charge is 0.495 e. The first-order valence-corrected chi connectivity index (χ1v) is 15.3. The molecule has 1 amide bonds. The standard InChI is InChI=1S/C25H35N3O6S2/c1-19-10-8-11-22(20(19)2)28(35(4,30)31)17-9-12-25(29)26-21-13-14-23(34-3)24(18-21)36(32,33)27-15-6-5-7-16-27/h8,10-11,13-14,18H,5-7,9,12,15-17H2,1-4H3,(H,26,29). The molecule has 36 heavy (non-hydrogen) atoms. The predicted octanol–water partition coefficient (Wildman–Crippen LogP) is 3.67. The molecule has 1 aliphatic rings. The van der Waals surface area contributed by atoms with Gasteiger partial charge in [0.25, 0.3) is 0 Å². The minimum Gasteiger partial charge on any atom is -0.495 e. The Morgan fingerprint density at radius 2 is 1.75 bits per heavy atom. The number of sulfonamides is 2. The van der Waals surface area contributed by atoms with Gasteiger partial charge in [0, 0.05) is 31.7 Å². The third-order valence-corrected chi connectivity index (χ3v) is 9.49. The lowest BCUT2D eigenvalue weighted by atomic mass is 10.1. The van der Waals surface area contributed by atoms with Crippen molar-refractivity contribution in [2.75, 3.05) is 42.6 Å². The Morgan fingerprint density at radius 3 is 2.39 bits per heavy atom. The maximum Gasteiger partial charge on any atom is 0.246 e. The fourth-order valence-electron chi connectivity index (χ4n) is 4.28. The third-order valence-electron chi connectivity index (χ3n) is 6.39. The highest BCUT2D eigenvalue weighted by Gasteiger charge is 2.29. The van der Waals surface area contributed by atoms with Crippen LogP contribution in [-0.2, 0) is 24.8 Å². The summed E-state index contributed by atoms with van der Waals surface area (Å²) in [6.07, 6.45) is 4.13. The average molecular weight is 538 g/mol. The molecule has 2 aromatic rings. The van der Waals surface area contributed by atoms with Crippen molar-refractivity contribution in [3.63, 3.8) is 0 Å². The number of amides is 1. The lowest BCUT2D eigenvalue weighted by molar-refractivity contribution is -0.116. The monoisotopic (exact) mass is 537 g/mol. The Balaban J connectivity index is 1.70. The van der Waals surface area contributed by atoms with Crippen molar-refractivity contribution < 1.29 is 26.4 Å². The molecule has 1 aliphatic heterocycles. The number of hydrogen-bond acceptors (Lipinski definition) is 6. The molecule has 1 fully saturated rings. The number of ether oxygens (including phenoxy) is 1. The molecule has 1 N–H and O–H groups in total. The second-order valence-electron chi connectivity index (χ2n) is 9.04. The van der Waals surface area contributed by atoms with Crippen LogP contribution in [0.25, 0.3) is 0 Å². The van der Waals surface area contributed by atoms with Crippen molar-refractivity contribution in [3.05, 3.63) is 47.5 Å². The number of anilines is 2. The Bertz CT molecular complexity index is 1300. The summed E-state index contributed by atoms with van der Waals surface area (Å²) in [7, 11) is -5.89. The van der Waals surface area contributed by atoms with Gasteiger partial charge in [-0.15, -0.1) is 0 Å². The Labute approximate surface area is 214 Å². The van der Waals surface area contributed by atoms with Gasteiger partial charge < -0.3 is 10.1 Å². The third kappa shape index (κ3) is 6.57. The van der Waals surface area contributed by atoms with Crippen LogP contribution in [0.4, 0.5) is 11.4 Å². The van der Waals surface area contributed by atoms with Gasteiger partial charge in [0.1, 0.15) is 10.6 Å². The number of nitrogens with one attached hydrogen (secondary N) is 1. The molecule has 0 spiro atoms. The summed E-state index contributed by atoms with van der Waals surface area (Å²) in [4.78, 5) is 12.7. The second-order valence-corrected chi connectivity index (χ2v) is 12.8. The van der Waals surface area contributed by atoms with Gasteiger partial charge in [-0.3, -0.25) is 9.10 Å². The average Bonchev–Trinajstić information content (AvgIpc) is 2.83. The van der Waals surface area contributed by atoms with Gasteiger partial charge in [-0.25, -0.2) is 16.8 Å². The van der Waals surface area contributed by atoms with Crippen LogP contribution < -0.4 is 14.4 Å². The predicted molar refractivity (Wildman–Crippen MR) is 142 cm³/mol. The van der Waals surface area contributed by atoms with E-state index in [-0.39, 0.29) is 29.5 Å². The van der Waals surface area contributed by atoms with Crippen molar-refractivity contribution in [2.24, 2.45) is 0 Å². The maximum absolute atomic E-state index is 13.2. The summed E-state index contributed by atoms with van der Waals surface area (Å²) in [6.45, 7) is 4.85. The molecule has 11 heteroatoms. The first kappa shape index (κ1) is 27.9. The van der Waals surface area contributed by atoms with Crippen molar-refractivity contribution >= 4 is 37.3 Å². The van der Waals surface area contributed by atoms with E-state index in [1.54, 1.807) is 12.1 Å². The Morgan fingerprint density at radius 1 is 1.06 bits per heavy atom. The smallest absolute Gasteiger partial charge is 0.246 e. The molecule has 0 bridgehead atoms. The second kappa shape index (κ2) is 11.6. The van der Waals surface area contributed by atoms with Crippen molar-refractivity contribution in [3.8, 4) is 5.75 Å². The van der Waals surface area contributed by atoms with Crippen molar-refractivity contribution in [1.82, 2.24) is 4.31 Å². The van der Waals surface area contributed by atoms with Crippen LogP contribution in [0.3, 0.4) is 0 Å². The molecule has 0 saturated carbocycles. The molecule has 0 aromatic heterocycles. The zero-order chi connectivity index (χ0) is 26.5.